The van der Waals surface area contributed by atoms with Crippen molar-refractivity contribution in [3.63, 3.8) is 0 Å². The van der Waals surface area contributed by atoms with E-state index in [1.165, 1.54) is 0 Å². The van der Waals surface area contributed by atoms with Crippen LogP contribution in [0, 0.1) is 15.0 Å². The van der Waals surface area contributed by atoms with Gasteiger partial charge >= 0.3 is 0 Å². The Bertz CT molecular complexity index is 393. The first kappa shape index (κ1) is 10.8. The van der Waals surface area contributed by atoms with Gasteiger partial charge in [-0.25, -0.2) is 15.0 Å². The number of aromatic nitrogens is 2. The van der Waals surface area contributed by atoms with Gasteiger partial charge in [-0.3, -0.25) is 0 Å². The molecule has 72 valence electrons. The number of halogens is 1. The standard InChI is InChI=1S/C8H8IN5/c1-14(2)5-12-8-6(3-10)13-7(9)4-11-8/h4-5H,1-2H3. The molecule has 0 saturated heterocycles. The highest BCUT2D eigenvalue weighted by Gasteiger charge is 2.03. The molecule has 1 heterocycles. The van der Waals surface area contributed by atoms with E-state index in [0.29, 0.717) is 9.52 Å². The van der Waals surface area contributed by atoms with Crippen molar-refractivity contribution in [2.24, 2.45) is 4.99 Å². The fourth-order valence-corrected chi connectivity index (χ4v) is 1.08. The maximum atomic E-state index is 8.76. The largest absolute Gasteiger partial charge is 0.369 e. The number of nitrogens with zero attached hydrogens (tertiary/aromatic N) is 5. The average Bonchev–Trinajstić information content (AvgIpc) is 2.15. The van der Waals surface area contributed by atoms with Crippen LogP contribution in [-0.2, 0) is 0 Å². The van der Waals surface area contributed by atoms with Gasteiger partial charge in [0.25, 0.3) is 0 Å². The molecule has 0 radical (unpaired) electrons. The lowest BCUT2D eigenvalue weighted by molar-refractivity contribution is 0.643. The summed E-state index contributed by atoms with van der Waals surface area (Å²) in [6.45, 7) is 0. The Hall–Kier alpha value is -1.23. The second-order valence-electron chi connectivity index (χ2n) is 2.68. The van der Waals surface area contributed by atoms with Crippen LogP contribution in [0.2, 0.25) is 0 Å². The first-order valence-corrected chi connectivity index (χ1v) is 4.84. The number of hydrogen-bond acceptors (Lipinski definition) is 4. The fraction of sp³-hybridized carbons (Fsp3) is 0.250. The lowest BCUT2D eigenvalue weighted by Crippen LogP contribution is -2.07. The van der Waals surface area contributed by atoms with Gasteiger partial charge in [-0.1, -0.05) is 0 Å². The van der Waals surface area contributed by atoms with Gasteiger partial charge in [0.1, 0.15) is 9.77 Å². The lowest BCUT2D eigenvalue weighted by atomic mass is 10.4. The van der Waals surface area contributed by atoms with Crippen LogP contribution in [0.5, 0.6) is 0 Å². The van der Waals surface area contributed by atoms with Crippen molar-refractivity contribution >= 4 is 34.7 Å². The molecule has 0 amide bonds. The minimum atomic E-state index is 0.245. The maximum Gasteiger partial charge on any atom is 0.190 e. The number of nitriles is 1. The van der Waals surface area contributed by atoms with Gasteiger partial charge in [0.2, 0.25) is 0 Å². The Kier molecular flexibility index (Phi) is 3.76. The van der Waals surface area contributed by atoms with Crippen molar-refractivity contribution in [2.45, 2.75) is 0 Å². The SMILES string of the molecule is CN(C)C=Nc1ncc(I)nc1C#N. The van der Waals surface area contributed by atoms with Crippen LogP contribution in [0.15, 0.2) is 11.2 Å². The van der Waals surface area contributed by atoms with E-state index in [1.54, 1.807) is 17.4 Å². The van der Waals surface area contributed by atoms with E-state index in [-0.39, 0.29) is 5.69 Å². The Morgan fingerprint density at radius 2 is 2.36 bits per heavy atom. The van der Waals surface area contributed by atoms with Gasteiger partial charge < -0.3 is 4.90 Å². The molecular weight excluding hydrogens is 293 g/mol. The van der Waals surface area contributed by atoms with E-state index in [9.17, 15) is 0 Å². The molecule has 0 aliphatic rings. The van der Waals surface area contributed by atoms with Gasteiger partial charge in [0.05, 0.1) is 12.5 Å². The van der Waals surface area contributed by atoms with E-state index in [0.717, 1.165) is 0 Å². The quantitative estimate of drug-likeness (QED) is 0.467. The molecule has 5 nitrogen and oxygen atoms in total. The molecule has 1 aromatic heterocycles. The minimum absolute atomic E-state index is 0.245. The molecule has 0 atom stereocenters. The van der Waals surface area contributed by atoms with Crippen molar-refractivity contribution in [1.82, 2.24) is 14.9 Å². The van der Waals surface area contributed by atoms with Crippen LogP contribution in [0.4, 0.5) is 5.82 Å². The lowest BCUT2D eigenvalue weighted by Gasteiger charge is -2.02. The van der Waals surface area contributed by atoms with E-state index in [4.69, 9.17) is 5.26 Å². The van der Waals surface area contributed by atoms with Crippen LogP contribution in [0.1, 0.15) is 5.69 Å². The molecule has 0 aliphatic carbocycles. The summed E-state index contributed by atoms with van der Waals surface area (Å²) in [6.07, 6.45) is 3.15. The molecule has 6 heteroatoms. The third-order valence-corrected chi connectivity index (χ3v) is 1.76. The Morgan fingerprint density at radius 3 is 2.93 bits per heavy atom. The van der Waals surface area contributed by atoms with Gasteiger partial charge in [0.15, 0.2) is 11.5 Å². The van der Waals surface area contributed by atoms with Gasteiger partial charge in [0, 0.05) is 14.1 Å². The highest BCUT2D eigenvalue weighted by atomic mass is 127. The van der Waals surface area contributed by atoms with Crippen LogP contribution in [0.25, 0.3) is 0 Å². The average molecular weight is 301 g/mol. The van der Waals surface area contributed by atoms with E-state index in [2.05, 4.69) is 15.0 Å². The molecule has 1 aromatic rings. The zero-order chi connectivity index (χ0) is 10.6. The molecule has 0 spiro atoms. The summed E-state index contributed by atoms with van der Waals surface area (Å²) < 4.78 is 0.683. The molecule has 14 heavy (non-hydrogen) atoms. The molecule has 0 fully saturated rings. The van der Waals surface area contributed by atoms with Crippen LogP contribution < -0.4 is 0 Å². The third-order valence-electron chi connectivity index (χ3n) is 1.24. The summed E-state index contributed by atoms with van der Waals surface area (Å²) >= 11 is 2.00. The molecule has 0 unspecified atom stereocenters. The molecule has 1 rings (SSSR count). The molecule has 0 aliphatic heterocycles. The second-order valence-corrected chi connectivity index (χ2v) is 3.79. The van der Waals surface area contributed by atoms with Crippen molar-refractivity contribution in [1.29, 1.82) is 5.26 Å². The number of aliphatic imine (C=N–C) groups is 1. The van der Waals surface area contributed by atoms with Gasteiger partial charge in [-0.15, -0.1) is 0 Å². The summed E-state index contributed by atoms with van der Waals surface area (Å²) in [4.78, 5) is 13.8. The normalized spacial score (nSPS) is 10.1. The minimum Gasteiger partial charge on any atom is -0.369 e. The summed E-state index contributed by atoms with van der Waals surface area (Å²) in [7, 11) is 3.69. The molecule has 0 bridgehead atoms. The highest BCUT2D eigenvalue weighted by molar-refractivity contribution is 14.1. The molecule has 0 N–H and O–H groups in total. The molecular formula is C8H8IN5. The van der Waals surface area contributed by atoms with E-state index >= 15 is 0 Å². The predicted octanol–water partition coefficient (Wildman–Crippen LogP) is 1.17. The summed E-state index contributed by atoms with van der Waals surface area (Å²) in [5.74, 6) is 0.349. The van der Waals surface area contributed by atoms with E-state index in [1.807, 2.05) is 42.8 Å². The fourth-order valence-electron chi connectivity index (χ4n) is 0.701. The van der Waals surface area contributed by atoms with Crippen molar-refractivity contribution in [3.05, 3.63) is 15.6 Å². The highest BCUT2D eigenvalue weighted by Crippen LogP contribution is 2.12. The Morgan fingerprint density at radius 1 is 1.64 bits per heavy atom. The molecule has 0 aromatic carbocycles. The Balaban J connectivity index is 3.04. The number of hydrogen-bond donors (Lipinski definition) is 0. The summed E-state index contributed by atoms with van der Waals surface area (Å²) in [6, 6.07) is 1.95. The first-order valence-electron chi connectivity index (χ1n) is 3.76. The monoisotopic (exact) mass is 301 g/mol. The first-order chi connectivity index (χ1) is 6.63. The van der Waals surface area contributed by atoms with Gasteiger partial charge in [-0.05, 0) is 22.6 Å². The van der Waals surface area contributed by atoms with Crippen LogP contribution in [0.3, 0.4) is 0 Å². The zero-order valence-corrected chi connectivity index (χ0v) is 9.93. The van der Waals surface area contributed by atoms with E-state index < -0.39 is 0 Å². The molecule has 0 saturated carbocycles. The van der Waals surface area contributed by atoms with Crippen molar-refractivity contribution in [2.75, 3.05) is 14.1 Å². The smallest absolute Gasteiger partial charge is 0.190 e. The summed E-state index contributed by atoms with van der Waals surface area (Å²) in [5.41, 5.74) is 0.245. The Labute approximate surface area is 95.6 Å². The van der Waals surface area contributed by atoms with Crippen LogP contribution in [-0.4, -0.2) is 35.3 Å². The van der Waals surface area contributed by atoms with Crippen LogP contribution >= 0.6 is 22.6 Å². The number of rotatable bonds is 2. The topological polar surface area (TPSA) is 65.2 Å². The second kappa shape index (κ2) is 4.85. The summed E-state index contributed by atoms with van der Waals surface area (Å²) in [5, 5.41) is 8.76. The maximum absolute atomic E-state index is 8.76. The van der Waals surface area contributed by atoms with Crippen molar-refractivity contribution in [3.8, 4) is 6.07 Å². The predicted molar refractivity (Wildman–Crippen MR) is 61.3 cm³/mol. The zero-order valence-electron chi connectivity index (χ0n) is 7.77. The third kappa shape index (κ3) is 2.92. The van der Waals surface area contributed by atoms with Crippen molar-refractivity contribution < 1.29 is 0 Å². The van der Waals surface area contributed by atoms with Gasteiger partial charge in [-0.2, -0.15) is 5.26 Å².